The average Bonchev–Trinajstić information content (AvgIpc) is 2.43. The monoisotopic (exact) mass is 337 g/mol. The number of Topliss-reactive ketones (excluding diaryl/α,β-unsaturated/α-hetero) is 1. The van der Waals surface area contributed by atoms with E-state index in [9.17, 15) is 22.8 Å². The Morgan fingerprint density at radius 2 is 2.04 bits per heavy atom. The summed E-state index contributed by atoms with van der Waals surface area (Å²) in [7, 11) is 0. The van der Waals surface area contributed by atoms with Gasteiger partial charge in [-0.3, -0.25) is 4.79 Å². The summed E-state index contributed by atoms with van der Waals surface area (Å²) in [5, 5.41) is 3.40. The van der Waals surface area contributed by atoms with Crippen molar-refractivity contribution in [2.24, 2.45) is 22.3 Å². The zero-order valence-corrected chi connectivity index (χ0v) is 13.4. The van der Waals surface area contributed by atoms with Crippen molar-refractivity contribution in [3.05, 3.63) is 0 Å². The number of hydrazone groups is 1. The lowest BCUT2D eigenvalue weighted by atomic mass is 9.75. The van der Waals surface area contributed by atoms with Crippen molar-refractivity contribution in [1.29, 1.82) is 0 Å². The van der Waals surface area contributed by atoms with E-state index in [1.807, 2.05) is 6.92 Å². The molecule has 23 heavy (non-hydrogen) atoms. The van der Waals surface area contributed by atoms with Crippen LogP contribution in [0.1, 0.15) is 33.6 Å². The molecule has 1 atom stereocenters. The van der Waals surface area contributed by atoms with Gasteiger partial charge >= 0.3 is 12.3 Å². The van der Waals surface area contributed by atoms with Crippen LogP contribution in [0.15, 0.2) is 5.10 Å². The second kappa shape index (κ2) is 7.18. The lowest BCUT2D eigenvalue weighted by Crippen LogP contribution is -2.57. The molecule has 1 amide bonds. The maximum atomic E-state index is 12.8. The summed E-state index contributed by atoms with van der Waals surface area (Å²) in [6.07, 6.45) is -4.28. The summed E-state index contributed by atoms with van der Waals surface area (Å²) < 4.78 is 43.4. The fourth-order valence-corrected chi connectivity index (χ4v) is 2.60. The molecule has 0 bridgehead atoms. The van der Waals surface area contributed by atoms with E-state index in [1.165, 1.54) is 0 Å². The lowest BCUT2D eigenvalue weighted by molar-refractivity contribution is -0.174. The highest BCUT2D eigenvalue weighted by molar-refractivity contribution is 6.10. The molecule has 0 aliphatic carbocycles. The van der Waals surface area contributed by atoms with Gasteiger partial charge in [-0.2, -0.15) is 18.3 Å². The van der Waals surface area contributed by atoms with E-state index < -0.39 is 35.9 Å². The molecule has 0 saturated carbocycles. The molecule has 1 fully saturated rings. The Morgan fingerprint density at radius 3 is 2.52 bits per heavy atom. The Hall–Kier alpha value is -1.80. The lowest BCUT2D eigenvalue weighted by Gasteiger charge is -2.42. The van der Waals surface area contributed by atoms with Gasteiger partial charge < -0.3 is 15.5 Å². The number of unbranched alkanes of at least 4 members (excludes halogenated alkanes) is 1. The van der Waals surface area contributed by atoms with E-state index in [4.69, 9.17) is 10.6 Å². The van der Waals surface area contributed by atoms with E-state index in [-0.39, 0.29) is 18.9 Å². The number of nitrogens with two attached hydrogens (primary N) is 1. The van der Waals surface area contributed by atoms with E-state index >= 15 is 0 Å². The van der Waals surface area contributed by atoms with Gasteiger partial charge in [0.25, 0.3) is 0 Å². The van der Waals surface area contributed by atoms with Crippen molar-refractivity contribution in [2.75, 3.05) is 19.7 Å². The van der Waals surface area contributed by atoms with Gasteiger partial charge in [0.1, 0.15) is 0 Å². The third kappa shape index (κ3) is 4.59. The molecular formula is C14H22F3N3O3. The summed E-state index contributed by atoms with van der Waals surface area (Å²) in [5.41, 5.74) is -1.01. The molecule has 0 aromatic rings. The van der Waals surface area contributed by atoms with Crippen LogP contribution in [-0.2, 0) is 9.53 Å². The van der Waals surface area contributed by atoms with E-state index in [2.05, 4.69) is 5.10 Å². The number of hydrogen-bond acceptors (Lipinski definition) is 5. The first-order valence-corrected chi connectivity index (χ1v) is 7.35. The van der Waals surface area contributed by atoms with Gasteiger partial charge in [-0.05, 0) is 6.42 Å². The number of ether oxygens (including phenoxy) is 1. The van der Waals surface area contributed by atoms with Crippen LogP contribution >= 0.6 is 0 Å². The second-order valence-corrected chi connectivity index (χ2v) is 6.16. The van der Waals surface area contributed by atoms with Crippen molar-refractivity contribution >= 4 is 17.6 Å². The molecule has 1 rings (SSSR count). The van der Waals surface area contributed by atoms with Gasteiger partial charge in [0.2, 0.25) is 5.78 Å². The molecule has 0 aromatic carbocycles. The highest BCUT2D eigenvalue weighted by atomic mass is 19.4. The van der Waals surface area contributed by atoms with Crippen LogP contribution in [0.3, 0.4) is 0 Å². The first kappa shape index (κ1) is 19.2. The normalized spacial score (nSPS) is 23.0. The van der Waals surface area contributed by atoms with Crippen LogP contribution in [0.25, 0.3) is 0 Å². The third-order valence-electron chi connectivity index (χ3n) is 3.73. The van der Waals surface area contributed by atoms with Crippen molar-refractivity contribution in [2.45, 2.75) is 39.8 Å². The zero-order valence-electron chi connectivity index (χ0n) is 13.4. The Balaban J connectivity index is 3.00. The minimum absolute atomic E-state index is 0.0579. The Kier molecular flexibility index (Phi) is 6.01. The molecule has 1 aliphatic rings. The summed E-state index contributed by atoms with van der Waals surface area (Å²) in [6, 6.07) is 0. The topological polar surface area (TPSA) is 85.0 Å². The van der Waals surface area contributed by atoms with Crippen molar-refractivity contribution in [3.8, 4) is 0 Å². The number of amides is 1. The van der Waals surface area contributed by atoms with Crippen LogP contribution in [0.5, 0.6) is 0 Å². The number of carbonyl (C=O) groups excluding carboxylic acids is 2. The van der Waals surface area contributed by atoms with Gasteiger partial charge in [0.15, 0.2) is 0 Å². The highest BCUT2D eigenvalue weighted by Gasteiger charge is 2.52. The largest absolute Gasteiger partial charge is 0.450 e. The van der Waals surface area contributed by atoms with Crippen molar-refractivity contribution in [1.82, 2.24) is 4.90 Å². The maximum absolute atomic E-state index is 12.8. The first-order chi connectivity index (χ1) is 10.5. The molecule has 1 unspecified atom stereocenters. The average molecular weight is 337 g/mol. The molecular weight excluding hydrogens is 315 g/mol. The highest BCUT2D eigenvalue weighted by Crippen LogP contribution is 2.34. The summed E-state index contributed by atoms with van der Waals surface area (Å²) in [4.78, 5) is 24.8. The first-order valence-electron chi connectivity index (χ1n) is 7.35. The fourth-order valence-electron chi connectivity index (χ4n) is 2.60. The molecule has 1 heterocycles. The number of hydrogen-bond donors (Lipinski definition) is 1. The summed E-state index contributed by atoms with van der Waals surface area (Å²) in [5.74, 6) is 1.64. The van der Waals surface area contributed by atoms with Gasteiger partial charge in [0.05, 0.1) is 18.2 Å². The quantitative estimate of drug-likeness (QED) is 0.485. The number of halogens is 3. The molecule has 2 N–H and O–H groups in total. The summed E-state index contributed by atoms with van der Waals surface area (Å²) in [6.45, 7) is 4.90. The van der Waals surface area contributed by atoms with Crippen LogP contribution < -0.4 is 5.84 Å². The Morgan fingerprint density at radius 1 is 1.43 bits per heavy atom. The van der Waals surface area contributed by atoms with E-state index in [0.29, 0.717) is 6.42 Å². The predicted molar refractivity (Wildman–Crippen MR) is 77.8 cm³/mol. The Labute approximate surface area is 132 Å². The molecule has 0 aromatic heterocycles. The van der Waals surface area contributed by atoms with Crippen LogP contribution in [0, 0.1) is 11.3 Å². The molecule has 0 radical (unpaired) electrons. The number of carbonyl (C=O) groups is 2. The predicted octanol–water partition coefficient (Wildman–Crippen LogP) is 2.33. The van der Waals surface area contributed by atoms with Crippen LogP contribution in [-0.4, -0.2) is 48.4 Å². The van der Waals surface area contributed by atoms with Gasteiger partial charge in [-0.1, -0.05) is 27.2 Å². The fraction of sp³-hybridized carbons (Fsp3) is 0.786. The number of ketones is 1. The molecule has 1 aliphatic heterocycles. The van der Waals surface area contributed by atoms with Gasteiger partial charge in [0, 0.05) is 18.5 Å². The number of nitrogens with zero attached hydrogens (tertiary/aromatic N) is 2. The molecule has 0 spiro atoms. The minimum atomic E-state index is -5.02. The SMILES string of the molecule is CCCCOC(=O)N1CC(C(=O)C(F)(F)F)C(=NN)C(C)(C)C1. The molecule has 9 heteroatoms. The van der Waals surface area contributed by atoms with Gasteiger partial charge in [-0.25, -0.2) is 4.79 Å². The molecule has 132 valence electrons. The second-order valence-electron chi connectivity index (χ2n) is 6.16. The Bertz CT molecular complexity index is 489. The maximum Gasteiger partial charge on any atom is 0.450 e. The number of piperidine rings is 1. The smallest absolute Gasteiger partial charge is 0.449 e. The number of likely N-dealkylation sites (tertiary alicyclic amines) is 1. The number of rotatable bonds is 4. The standard InChI is InChI=1S/C14H22F3N3O3/c1-4-5-6-23-12(22)20-7-9(11(21)14(15,16)17)10(19-18)13(2,3)8-20/h9H,4-8,18H2,1-3H3. The summed E-state index contributed by atoms with van der Waals surface area (Å²) >= 11 is 0. The van der Waals surface area contributed by atoms with Crippen molar-refractivity contribution in [3.63, 3.8) is 0 Å². The zero-order chi connectivity index (χ0) is 17.8. The van der Waals surface area contributed by atoms with E-state index in [1.54, 1.807) is 13.8 Å². The van der Waals surface area contributed by atoms with Crippen LogP contribution in [0.4, 0.5) is 18.0 Å². The minimum Gasteiger partial charge on any atom is -0.449 e. The molecule has 1 saturated heterocycles. The van der Waals surface area contributed by atoms with Crippen molar-refractivity contribution < 1.29 is 27.5 Å². The van der Waals surface area contributed by atoms with E-state index in [0.717, 1.165) is 11.3 Å². The number of alkyl halides is 3. The van der Waals surface area contributed by atoms with Gasteiger partial charge in [-0.15, -0.1) is 0 Å². The third-order valence-corrected chi connectivity index (χ3v) is 3.73. The molecule has 6 nitrogen and oxygen atoms in total. The van der Waals surface area contributed by atoms with Crippen LogP contribution in [0.2, 0.25) is 0 Å².